The summed E-state index contributed by atoms with van der Waals surface area (Å²) >= 11 is 5.95. The molecule has 0 spiro atoms. The first-order valence-corrected chi connectivity index (χ1v) is 8.80. The number of carbonyl (C=O) groups is 1. The SMILES string of the molecule is CN(C(=O)C1CCCN(Cc2ccc(Cl)cc2)C1)c1ccccc1. The number of hydrogen-bond acceptors (Lipinski definition) is 2. The Balaban J connectivity index is 1.62. The van der Waals surface area contributed by atoms with Crippen LogP contribution in [0, 0.1) is 5.92 Å². The maximum atomic E-state index is 12.8. The Kier molecular flexibility index (Phi) is 5.54. The van der Waals surface area contributed by atoms with Crippen LogP contribution >= 0.6 is 11.6 Å². The van der Waals surface area contributed by atoms with Crippen molar-refractivity contribution in [2.45, 2.75) is 19.4 Å². The van der Waals surface area contributed by atoms with Gasteiger partial charge in [-0.3, -0.25) is 9.69 Å². The molecule has 1 heterocycles. The third-order valence-corrected chi connectivity index (χ3v) is 4.90. The summed E-state index contributed by atoms with van der Waals surface area (Å²) in [6.07, 6.45) is 2.03. The summed E-state index contributed by atoms with van der Waals surface area (Å²) in [5.41, 5.74) is 2.20. The molecule has 1 fully saturated rings. The number of amides is 1. The molecule has 126 valence electrons. The molecule has 0 radical (unpaired) electrons. The van der Waals surface area contributed by atoms with Crippen molar-refractivity contribution in [1.82, 2.24) is 4.90 Å². The number of likely N-dealkylation sites (tertiary alicyclic amines) is 1. The number of para-hydroxylation sites is 1. The summed E-state index contributed by atoms with van der Waals surface area (Å²) in [5.74, 6) is 0.276. The number of piperidine rings is 1. The van der Waals surface area contributed by atoms with E-state index in [1.54, 1.807) is 4.90 Å². The van der Waals surface area contributed by atoms with Crippen LogP contribution in [0.3, 0.4) is 0 Å². The van der Waals surface area contributed by atoms with Crippen LogP contribution in [0.4, 0.5) is 5.69 Å². The highest BCUT2D eigenvalue weighted by molar-refractivity contribution is 6.30. The Bertz CT molecular complexity index is 672. The summed E-state index contributed by atoms with van der Waals surface area (Å²) in [5, 5.41) is 0.759. The topological polar surface area (TPSA) is 23.6 Å². The number of halogens is 1. The molecule has 2 aromatic carbocycles. The van der Waals surface area contributed by atoms with Gasteiger partial charge in [-0.2, -0.15) is 0 Å². The van der Waals surface area contributed by atoms with Gasteiger partial charge in [-0.1, -0.05) is 41.9 Å². The first kappa shape index (κ1) is 17.0. The highest BCUT2D eigenvalue weighted by Gasteiger charge is 2.28. The first-order chi connectivity index (χ1) is 11.6. The van der Waals surface area contributed by atoms with Crippen molar-refractivity contribution in [2.75, 3.05) is 25.0 Å². The fourth-order valence-electron chi connectivity index (χ4n) is 3.30. The van der Waals surface area contributed by atoms with E-state index in [1.807, 2.05) is 49.5 Å². The molecule has 24 heavy (non-hydrogen) atoms. The van der Waals surface area contributed by atoms with Crippen molar-refractivity contribution in [3.05, 3.63) is 65.2 Å². The molecule has 1 atom stereocenters. The monoisotopic (exact) mass is 342 g/mol. The highest BCUT2D eigenvalue weighted by Crippen LogP contribution is 2.23. The molecule has 1 aliphatic heterocycles. The number of nitrogens with zero attached hydrogens (tertiary/aromatic N) is 2. The molecule has 0 saturated carbocycles. The molecule has 3 rings (SSSR count). The van der Waals surface area contributed by atoms with Gasteiger partial charge in [-0.05, 0) is 49.2 Å². The zero-order valence-electron chi connectivity index (χ0n) is 14.0. The third kappa shape index (κ3) is 4.16. The second kappa shape index (κ2) is 7.82. The van der Waals surface area contributed by atoms with Crippen molar-refractivity contribution in [3.63, 3.8) is 0 Å². The van der Waals surface area contributed by atoms with Crippen LogP contribution in [0.5, 0.6) is 0 Å². The largest absolute Gasteiger partial charge is 0.315 e. The Morgan fingerprint density at radius 1 is 1.17 bits per heavy atom. The maximum Gasteiger partial charge on any atom is 0.231 e. The lowest BCUT2D eigenvalue weighted by Crippen LogP contribution is -2.43. The molecule has 1 unspecified atom stereocenters. The molecule has 0 aliphatic carbocycles. The molecule has 4 heteroatoms. The predicted molar refractivity (Wildman–Crippen MR) is 99.3 cm³/mol. The van der Waals surface area contributed by atoms with E-state index in [1.165, 1.54) is 5.56 Å². The second-order valence-electron chi connectivity index (χ2n) is 6.43. The Labute approximate surface area is 148 Å². The van der Waals surface area contributed by atoms with Gasteiger partial charge in [0.25, 0.3) is 0 Å². The standard InChI is InChI=1S/C20H23ClN2O/c1-22(19-7-3-2-4-8-19)20(24)17-6-5-13-23(15-17)14-16-9-11-18(21)12-10-16/h2-4,7-12,17H,5-6,13-15H2,1H3. The number of carbonyl (C=O) groups excluding carboxylic acids is 1. The van der Waals surface area contributed by atoms with E-state index in [-0.39, 0.29) is 11.8 Å². The van der Waals surface area contributed by atoms with E-state index in [4.69, 9.17) is 11.6 Å². The van der Waals surface area contributed by atoms with Gasteiger partial charge in [-0.15, -0.1) is 0 Å². The molecule has 0 bridgehead atoms. The Hall–Kier alpha value is -1.84. The van der Waals surface area contributed by atoms with Crippen molar-refractivity contribution < 1.29 is 4.79 Å². The van der Waals surface area contributed by atoms with Gasteiger partial charge in [0.2, 0.25) is 5.91 Å². The van der Waals surface area contributed by atoms with Gasteiger partial charge in [0.1, 0.15) is 0 Å². The lowest BCUT2D eigenvalue weighted by Gasteiger charge is -2.34. The lowest BCUT2D eigenvalue weighted by molar-refractivity contribution is -0.123. The van der Waals surface area contributed by atoms with Crippen molar-refractivity contribution in [2.24, 2.45) is 5.92 Å². The predicted octanol–water partition coefficient (Wildman–Crippen LogP) is 4.22. The van der Waals surface area contributed by atoms with Gasteiger partial charge < -0.3 is 4.90 Å². The first-order valence-electron chi connectivity index (χ1n) is 8.43. The molecule has 0 aromatic heterocycles. The molecule has 1 saturated heterocycles. The van der Waals surface area contributed by atoms with Crippen LogP contribution in [0.2, 0.25) is 5.02 Å². The minimum atomic E-state index is 0.0660. The number of hydrogen-bond donors (Lipinski definition) is 0. The van der Waals surface area contributed by atoms with Crippen LogP contribution in [0.15, 0.2) is 54.6 Å². The lowest BCUT2D eigenvalue weighted by atomic mass is 9.96. The van der Waals surface area contributed by atoms with E-state index in [0.717, 1.165) is 43.2 Å². The maximum absolute atomic E-state index is 12.8. The van der Waals surface area contributed by atoms with E-state index >= 15 is 0 Å². The molecular weight excluding hydrogens is 320 g/mol. The van der Waals surface area contributed by atoms with Gasteiger partial charge in [0.05, 0.1) is 5.92 Å². The minimum absolute atomic E-state index is 0.0660. The van der Waals surface area contributed by atoms with Gasteiger partial charge in [0, 0.05) is 30.8 Å². The molecular formula is C20H23ClN2O. The van der Waals surface area contributed by atoms with Crippen LogP contribution in [-0.4, -0.2) is 30.9 Å². The smallest absolute Gasteiger partial charge is 0.231 e. The van der Waals surface area contributed by atoms with Gasteiger partial charge in [-0.25, -0.2) is 0 Å². The van der Waals surface area contributed by atoms with Crippen molar-refractivity contribution in [1.29, 1.82) is 0 Å². The highest BCUT2D eigenvalue weighted by atomic mass is 35.5. The minimum Gasteiger partial charge on any atom is -0.315 e. The molecule has 2 aromatic rings. The second-order valence-corrected chi connectivity index (χ2v) is 6.87. The summed E-state index contributed by atoms with van der Waals surface area (Å²) in [6.45, 7) is 2.73. The van der Waals surface area contributed by atoms with Crippen LogP contribution in [0.25, 0.3) is 0 Å². The summed E-state index contributed by atoms with van der Waals surface area (Å²) in [7, 11) is 1.87. The van der Waals surface area contributed by atoms with Crippen LogP contribution in [-0.2, 0) is 11.3 Å². The zero-order valence-corrected chi connectivity index (χ0v) is 14.7. The summed E-state index contributed by atoms with van der Waals surface area (Å²) in [6, 6.07) is 17.8. The average molecular weight is 343 g/mol. The summed E-state index contributed by atoms with van der Waals surface area (Å²) in [4.78, 5) is 17.0. The van der Waals surface area contributed by atoms with E-state index in [0.29, 0.717) is 0 Å². The quantitative estimate of drug-likeness (QED) is 0.830. The van der Waals surface area contributed by atoms with Crippen molar-refractivity contribution in [3.8, 4) is 0 Å². The summed E-state index contributed by atoms with van der Waals surface area (Å²) < 4.78 is 0. The fourth-order valence-corrected chi connectivity index (χ4v) is 3.43. The molecule has 1 aliphatic rings. The Morgan fingerprint density at radius 2 is 1.88 bits per heavy atom. The third-order valence-electron chi connectivity index (χ3n) is 4.65. The molecule has 1 amide bonds. The van der Waals surface area contributed by atoms with Gasteiger partial charge in [0.15, 0.2) is 0 Å². The molecule has 3 nitrogen and oxygen atoms in total. The van der Waals surface area contributed by atoms with Crippen molar-refractivity contribution >= 4 is 23.2 Å². The van der Waals surface area contributed by atoms with Crippen LogP contribution in [0.1, 0.15) is 18.4 Å². The molecule has 0 N–H and O–H groups in total. The van der Waals surface area contributed by atoms with Crippen LogP contribution < -0.4 is 4.90 Å². The fraction of sp³-hybridized carbons (Fsp3) is 0.350. The van der Waals surface area contributed by atoms with E-state index < -0.39 is 0 Å². The zero-order chi connectivity index (χ0) is 16.9. The normalized spacial score (nSPS) is 18.3. The number of benzene rings is 2. The number of anilines is 1. The Morgan fingerprint density at radius 3 is 2.58 bits per heavy atom. The van der Waals surface area contributed by atoms with Gasteiger partial charge >= 0.3 is 0 Å². The van der Waals surface area contributed by atoms with E-state index in [2.05, 4.69) is 17.0 Å². The van der Waals surface area contributed by atoms with E-state index in [9.17, 15) is 4.79 Å². The average Bonchev–Trinajstić information content (AvgIpc) is 2.63. The number of rotatable bonds is 4.